The van der Waals surface area contributed by atoms with Crippen molar-refractivity contribution in [1.29, 1.82) is 0 Å². The summed E-state index contributed by atoms with van der Waals surface area (Å²) in [6.07, 6.45) is 0. The lowest BCUT2D eigenvalue weighted by atomic mass is 9.82. The fourth-order valence-corrected chi connectivity index (χ4v) is 7.66. The quantitative estimate of drug-likeness (QED) is 0.221. The number of nitrogens with one attached hydrogen (secondary N) is 1. The van der Waals surface area contributed by atoms with E-state index in [1.165, 1.54) is 88.2 Å². The van der Waals surface area contributed by atoms with Crippen LogP contribution in [0.2, 0.25) is 0 Å². The first-order valence-electron chi connectivity index (χ1n) is 15.4. The molecule has 0 saturated carbocycles. The highest BCUT2D eigenvalue weighted by atomic mass is 14.7. The number of rotatable bonds is 3. The van der Waals surface area contributed by atoms with Crippen LogP contribution in [-0.2, 0) is 5.41 Å². The molecule has 8 aromatic rings. The average Bonchev–Trinajstić information content (AvgIpc) is 3.58. The van der Waals surface area contributed by atoms with Crippen LogP contribution in [0.15, 0.2) is 146 Å². The van der Waals surface area contributed by atoms with E-state index in [0.717, 1.165) is 0 Å². The van der Waals surface area contributed by atoms with Crippen LogP contribution in [0.5, 0.6) is 0 Å². The van der Waals surface area contributed by atoms with Crippen molar-refractivity contribution in [3.63, 3.8) is 0 Å². The lowest BCUT2D eigenvalue weighted by Gasteiger charge is -2.21. The Bertz CT molecular complexity index is 2420. The van der Waals surface area contributed by atoms with E-state index >= 15 is 0 Å². The fraction of sp³-hybridized carbons (Fsp3) is 0.0698. The molecule has 1 aromatic heterocycles. The first-order chi connectivity index (χ1) is 21.6. The highest BCUT2D eigenvalue weighted by Crippen LogP contribution is 2.52. The Morgan fingerprint density at radius 1 is 0.455 bits per heavy atom. The van der Waals surface area contributed by atoms with Gasteiger partial charge in [0.25, 0.3) is 0 Å². The van der Waals surface area contributed by atoms with E-state index in [4.69, 9.17) is 0 Å². The van der Waals surface area contributed by atoms with Crippen molar-refractivity contribution in [2.75, 3.05) is 0 Å². The summed E-state index contributed by atoms with van der Waals surface area (Å²) in [5, 5.41) is 5.12. The molecule has 0 fully saturated rings. The predicted molar refractivity (Wildman–Crippen MR) is 187 cm³/mol. The van der Waals surface area contributed by atoms with Gasteiger partial charge in [0.15, 0.2) is 0 Å². The van der Waals surface area contributed by atoms with Crippen LogP contribution in [0.25, 0.3) is 77.1 Å². The summed E-state index contributed by atoms with van der Waals surface area (Å²) in [4.78, 5) is 3.77. The van der Waals surface area contributed by atoms with Gasteiger partial charge in [-0.1, -0.05) is 141 Å². The summed E-state index contributed by atoms with van der Waals surface area (Å²) >= 11 is 0. The van der Waals surface area contributed by atoms with Crippen molar-refractivity contribution < 1.29 is 0 Å². The molecule has 0 spiro atoms. The van der Waals surface area contributed by atoms with Crippen LogP contribution in [0.3, 0.4) is 0 Å². The molecule has 1 aliphatic carbocycles. The van der Waals surface area contributed by atoms with Gasteiger partial charge in [-0.25, -0.2) is 0 Å². The van der Waals surface area contributed by atoms with Crippen molar-refractivity contribution in [1.82, 2.24) is 4.98 Å². The second kappa shape index (κ2) is 9.30. The second-order valence-electron chi connectivity index (χ2n) is 12.6. The molecule has 0 unspecified atom stereocenters. The molecule has 0 amide bonds. The third-order valence-electron chi connectivity index (χ3n) is 9.81. The molecule has 1 heteroatoms. The molecule has 9 rings (SSSR count). The van der Waals surface area contributed by atoms with E-state index in [0.29, 0.717) is 0 Å². The molecule has 1 N–H and O–H groups in total. The molecule has 1 heterocycles. The molecule has 1 nitrogen and oxygen atoms in total. The zero-order valence-corrected chi connectivity index (χ0v) is 24.9. The minimum Gasteiger partial charge on any atom is -0.354 e. The number of fused-ring (bicyclic) bond motifs is 8. The number of benzene rings is 7. The molecule has 0 aliphatic heterocycles. The van der Waals surface area contributed by atoms with Crippen LogP contribution in [0.1, 0.15) is 25.0 Å². The maximum Gasteiger partial charge on any atom is 0.0544 e. The molecular weight excluding hydrogens is 530 g/mol. The third kappa shape index (κ3) is 3.59. The van der Waals surface area contributed by atoms with Crippen LogP contribution >= 0.6 is 0 Å². The largest absolute Gasteiger partial charge is 0.354 e. The van der Waals surface area contributed by atoms with Crippen molar-refractivity contribution in [3.05, 3.63) is 157 Å². The van der Waals surface area contributed by atoms with Crippen molar-refractivity contribution >= 4 is 32.6 Å². The molecule has 0 saturated heterocycles. The summed E-state index contributed by atoms with van der Waals surface area (Å²) < 4.78 is 0. The van der Waals surface area contributed by atoms with Gasteiger partial charge >= 0.3 is 0 Å². The number of H-pyrrole nitrogens is 1. The maximum atomic E-state index is 3.77. The van der Waals surface area contributed by atoms with E-state index in [-0.39, 0.29) is 5.41 Å². The van der Waals surface area contributed by atoms with Gasteiger partial charge < -0.3 is 4.98 Å². The summed E-state index contributed by atoms with van der Waals surface area (Å²) in [6, 6.07) is 53.5. The molecule has 0 radical (unpaired) electrons. The number of aromatic amines is 1. The van der Waals surface area contributed by atoms with Gasteiger partial charge in [0.1, 0.15) is 0 Å². The molecule has 1 aliphatic rings. The summed E-state index contributed by atoms with van der Waals surface area (Å²) in [7, 11) is 0. The molecule has 208 valence electrons. The van der Waals surface area contributed by atoms with E-state index in [1.807, 2.05) is 0 Å². The average molecular weight is 562 g/mol. The number of aromatic nitrogens is 1. The Morgan fingerprint density at radius 3 is 1.89 bits per heavy atom. The highest BCUT2D eigenvalue weighted by Gasteiger charge is 2.36. The number of hydrogen-bond donors (Lipinski definition) is 1. The summed E-state index contributed by atoms with van der Waals surface area (Å²) in [6.45, 7) is 4.69. The normalized spacial score (nSPS) is 13.4. The highest BCUT2D eigenvalue weighted by molar-refractivity contribution is 6.22. The first kappa shape index (κ1) is 25.1. The maximum absolute atomic E-state index is 3.77. The van der Waals surface area contributed by atoms with Gasteiger partial charge in [-0.3, -0.25) is 0 Å². The molecule has 44 heavy (non-hydrogen) atoms. The Balaban J connectivity index is 1.17. The monoisotopic (exact) mass is 561 g/mol. The smallest absolute Gasteiger partial charge is 0.0544 e. The van der Waals surface area contributed by atoms with Crippen molar-refractivity contribution in [2.24, 2.45) is 0 Å². The third-order valence-corrected chi connectivity index (χ3v) is 9.81. The second-order valence-corrected chi connectivity index (χ2v) is 12.6. The van der Waals surface area contributed by atoms with E-state index in [1.54, 1.807) is 0 Å². The van der Waals surface area contributed by atoms with Gasteiger partial charge in [-0.15, -0.1) is 0 Å². The van der Waals surface area contributed by atoms with Crippen molar-refractivity contribution in [2.45, 2.75) is 19.3 Å². The number of para-hydroxylation sites is 1. The Hall–Kier alpha value is -5.40. The van der Waals surface area contributed by atoms with Crippen LogP contribution < -0.4 is 0 Å². The van der Waals surface area contributed by atoms with Gasteiger partial charge in [0.2, 0.25) is 0 Å². The Labute approximate surface area is 257 Å². The van der Waals surface area contributed by atoms with Crippen LogP contribution in [-0.4, -0.2) is 4.98 Å². The zero-order chi connectivity index (χ0) is 29.4. The lowest BCUT2D eigenvalue weighted by Crippen LogP contribution is -2.14. The predicted octanol–water partition coefficient (Wildman–Crippen LogP) is 11.8. The molecule has 0 bridgehead atoms. The van der Waals surface area contributed by atoms with Gasteiger partial charge in [-0.2, -0.15) is 0 Å². The minimum atomic E-state index is -0.0101. The SMILES string of the molecule is CC1(C)c2ccccc2-c2c(-c3cccc(-c4cccc(-c5cccc6c5[nH]c5ccc7ccccc7c56)c4)c3)cccc21. The van der Waals surface area contributed by atoms with Crippen molar-refractivity contribution in [3.8, 4) is 44.5 Å². The summed E-state index contributed by atoms with van der Waals surface area (Å²) in [5.74, 6) is 0. The topological polar surface area (TPSA) is 15.8 Å². The van der Waals surface area contributed by atoms with E-state index in [9.17, 15) is 0 Å². The first-order valence-corrected chi connectivity index (χ1v) is 15.4. The fourth-order valence-electron chi connectivity index (χ4n) is 7.66. The van der Waals surface area contributed by atoms with Gasteiger partial charge in [0.05, 0.1) is 5.52 Å². The Kier molecular flexibility index (Phi) is 5.31. The summed E-state index contributed by atoms with van der Waals surface area (Å²) in [5.41, 5.74) is 15.3. The van der Waals surface area contributed by atoms with Crippen LogP contribution in [0, 0.1) is 0 Å². The van der Waals surface area contributed by atoms with Gasteiger partial charge in [-0.05, 0) is 79.0 Å². The Morgan fingerprint density at radius 2 is 1.05 bits per heavy atom. The van der Waals surface area contributed by atoms with E-state index < -0.39 is 0 Å². The lowest BCUT2D eigenvalue weighted by molar-refractivity contribution is 0.660. The molecule has 0 atom stereocenters. The van der Waals surface area contributed by atoms with E-state index in [2.05, 4.69) is 164 Å². The molecule has 7 aromatic carbocycles. The standard InChI is InChI=1S/C43H31N/c1-43(2)37-21-6-5-17-35(37)40-33(18-10-22-38(40)43)30-14-7-12-28(25-30)29-13-8-15-31(26-29)34-19-9-20-36-41-32-16-4-3-11-27(32)23-24-39(41)44-42(34)36/h3-26,44H,1-2H3. The number of hydrogen-bond acceptors (Lipinski definition) is 0. The van der Waals surface area contributed by atoms with Gasteiger partial charge in [0, 0.05) is 27.3 Å². The zero-order valence-electron chi connectivity index (χ0n) is 24.9. The minimum absolute atomic E-state index is 0.0101. The van der Waals surface area contributed by atoms with Crippen LogP contribution in [0.4, 0.5) is 0 Å². The molecular formula is C43H31N.